The van der Waals surface area contributed by atoms with Gasteiger partial charge in [-0.15, -0.1) is 0 Å². The molecule has 0 amide bonds. The second kappa shape index (κ2) is 13.5. The SMILES string of the molecule is CC(C)(CCCCC1=CCC(CCCC2=CCC(CCCCC(C)(C)C(=O)O)[S+]2[O-])[S+]1[O-])C(=O)O. The van der Waals surface area contributed by atoms with Crippen molar-refractivity contribution in [2.24, 2.45) is 10.8 Å². The van der Waals surface area contributed by atoms with E-state index in [2.05, 4.69) is 12.2 Å². The third-order valence-electron chi connectivity index (χ3n) is 7.50. The van der Waals surface area contributed by atoms with Crippen molar-refractivity contribution in [3.63, 3.8) is 0 Å². The lowest BCUT2D eigenvalue weighted by molar-refractivity contribution is -0.148. The maximum Gasteiger partial charge on any atom is 0.309 e. The van der Waals surface area contributed by atoms with Crippen LogP contribution in [0.15, 0.2) is 22.0 Å². The summed E-state index contributed by atoms with van der Waals surface area (Å²) < 4.78 is 25.7. The van der Waals surface area contributed by atoms with E-state index < -0.39 is 45.1 Å². The van der Waals surface area contributed by atoms with E-state index in [1.165, 1.54) is 0 Å². The van der Waals surface area contributed by atoms with E-state index in [-0.39, 0.29) is 10.5 Å². The van der Waals surface area contributed by atoms with E-state index in [1.807, 2.05) is 0 Å². The van der Waals surface area contributed by atoms with Gasteiger partial charge in [0, 0.05) is 25.7 Å². The number of carboxylic acid groups (broad SMARTS) is 2. The van der Waals surface area contributed by atoms with Gasteiger partial charge in [-0.25, -0.2) is 0 Å². The average molecular weight is 529 g/mol. The molecule has 2 N–H and O–H groups in total. The molecule has 0 aromatic rings. The zero-order valence-corrected chi connectivity index (χ0v) is 23.5. The summed E-state index contributed by atoms with van der Waals surface area (Å²) in [5, 5.41) is 18.7. The molecule has 0 fully saturated rings. The Bertz CT molecular complexity index is 789. The van der Waals surface area contributed by atoms with Crippen molar-refractivity contribution >= 4 is 34.3 Å². The van der Waals surface area contributed by atoms with Crippen molar-refractivity contribution in [3.8, 4) is 0 Å². The van der Waals surface area contributed by atoms with Gasteiger partial charge in [0.2, 0.25) is 0 Å². The molecule has 0 saturated carbocycles. The third kappa shape index (κ3) is 9.13. The van der Waals surface area contributed by atoms with E-state index in [1.54, 1.807) is 27.7 Å². The molecule has 0 saturated heterocycles. The second-order valence-electron chi connectivity index (χ2n) is 11.4. The molecular formula is C27H44O6S2. The smallest absolute Gasteiger partial charge is 0.309 e. The maximum absolute atomic E-state index is 12.8. The first-order chi connectivity index (χ1) is 16.3. The molecule has 8 heteroatoms. The first-order valence-electron chi connectivity index (χ1n) is 13.0. The molecule has 0 aromatic carbocycles. The second-order valence-corrected chi connectivity index (χ2v) is 14.9. The molecule has 0 aliphatic carbocycles. The number of carbonyl (C=O) groups is 2. The van der Waals surface area contributed by atoms with Gasteiger partial charge in [0.1, 0.15) is 20.3 Å². The summed E-state index contributed by atoms with van der Waals surface area (Å²) in [4.78, 5) is 24.5. The molecule has 2 heterocycles. The summed E-state index contributed by atoms with van der Waals surface area (Å²) in [6.45, 7) is 7.00. The van der Waals surface area contributed by atoms with E-state index in [0.29, 0.717) is 12.8 Å². The van der Waals surface area contributed by atoms with Gasteiger partial charge in [-0.2, -0.15) is 0 Å². The fraction of sp³-hybridized carbons (Fsp3) is 0.778. The lowest BCUT2D eigenvalue weighted by Crippen LogP contribution is -2.23. The van der Waals surface area contributed by atoms with Gasteiger partial charge >= 0.3 is 11.9 Å². The molecule has 4 atom stereocenters. The molecule has 2 rings (SSSR count). The van der Waals surface area contributed by atoms with Gasteiger partial charge in [0.05, 0.1) is 10.8 Å². The largest absolute Gasteiger partial charge is 0.611 e. The zero-order chi connectivity index (χ0) is 26.2. The van der Waals surface area contributed by atoms with Crippen LogP contribution in [-0.2, 0) is 31.9 Å². The number of carboxylic acids is 2. The fourth-order valence-electron chi connectivity index (χ4n) is 4.67. The summed E-state index contributed by atoms with van der Waals surface area (Å²) in [6, 6.07) is 0. The van der Waals surface area contributed by atoms with Crippen LogP contribution < -0.4 is 0 Å². The number of hydrogen-bond acceptors (Lipinski definition) is 4. The van der Waals surface area contributed by atoms with Crippen molar-refractivity contribution < 1.29 is 28.9 Å². The highest BCUT2D eigenvalue weighted by Crippen LogP contribution is 2.36. The Hall–Kier alpha value is -0.960. The van der Waals surface area contributed by atoms with Crippen LogP contribution in [0.2, 0.25) is 0 Å². The molecular weight excluding hydrogens is 484 g/mol. The van der Waals surface area contributed by atoms with Crippen LogP contribution in [0, 0.1) is 10.8 Å². The molecule has 0 radical (unpaired) electrons. The Kier molecular flexibility index (Phi) is 11.7. The minimum atomic E-state index is -0.959. The number of hydrogen-bond donors (Lipinski definition) is 2. The standard InChI is InChI=1S/C27H44O6S2/c1-26(2,24(28)29)18-7-5-10-20-14-16-22(34(20)32)12-9-13-23-17-15-21(35(23)33)11-6-8-19-27(3,4)25(30)31/h14,17,21-22H,5-13,15-16,18-19H2,1-4H3,(H,28,29)(H,30,31). The van der Waals surface area contributed by atoms with E-state index in [0.717, 1.165) is 80.4 Å². The summed E-state index contributed by atoms with van der Waals surface area (Å²) in [5.41, 5.74) is -1.42. The molecule has 0 aromatic heterocycles. The van der Waals surface area contributed by atoms with Crippen molar-refractivity contribution in [2.45, 2.75) is 122 Å². The summed E-state index contributed by atoms with van der Waals surface area (Å²) in [5.74, 6) is -1.54. The first-order valence-corrected chi connectivity index (χ1v) is 15.4. The minimum Gasteiger partial charge on any atom is -0.611 e. The summed E-state index contributed by atoms with van der Waals surface area (Å²) in [7, 11) is 0. The summed E-state index contributed by atoms with van der Waals surface area (Å²) >= 11 is -1.91. The number of aliphatic carboxylic acids is 2. The van der Waals surface area contributed by atoms with Crippen LogP contribution in [0.5, 0.6) is 0 Å². The molecule has 2 aliphatic heterocycles. The van der Waals surface area contributed by atoms with Crippen LogP contribution in [0.4, 0.5) is 0 Å². The van der Waals surface area contributed by atoms with Crippen molar-refractivity contribution in [1.82, 2.24) is 0 Å². The normalized spacial score (nSPS) is 25.0. The van der Waals surface area contributed by atoms with Crippen LogP contribution in [0.3, 0.4) is 0 Å². The van der Waals surface area contributed by atoms with Crippen LogP contribution in [-0.4, -0.2) is 41.8 Å². The first kappa shape index (κ1) is 30.3. The molecule has 0 spiro atoms. The van der Waals surface area contributed by atoms with Crippen molar-refractivity contribution in [2.75, 3.05) is 0 Å². The van der Waals surface area contributed by atoms with Gasteiger partial charge in [0.25, 0.3) is 0 Å². The van der Waals surface area contributed by atoms with Gasteiger partial charge in [-0.05, 0) is 107 Å². The van der Waals surface area contributed by atoms with Crippen molar-refractivity contribution in [1.29, 1.82) is 0 Å². The molecule has 2 aliphatic rings. The molecule has 0 bridgehead atoms. The Morgan fingerprint density at radius 3 is 1.63 bits per heavy atom. The van der Waals surface area contributed by atoms with Gasteiger partial charge in [-0.1, -0.05) is 12.8 Å². The number of rotatable bonds is 16. The maximum atomic E-state index is 12.8. The predicted molar refractivity (Wildman–Crippen MR) is 143 cm³/mol. The quantitative estimate of drug-likeness (QED) is 0.179. The Morgan fingerprint density at radius 1 is 0.771 bits per heavy atom. The Balaban J connectivity index is 1.61. The monoisotopic (exact) mass is 528 g/mol. The van der Waals surface area contributed by atoms with Crippen LogP contribution in [0.1, 0.15) is 111 Å². The Labute approximate surface area is 217 Å². The van der Waals surface area contributed by atoms with Crippen LogP contribution >= 0.6 is 0 Å². The minimum absolute atomic E-state index is 0.143. The average Bonchev–Trinajstić information content (AvgIpc) is 3.31. The van der Waals surface area contributed by atoms with Gasteiger partial charge in [-0.3, -0.25) is 9.59 Å². The highest BCUT2D eigenvalue weighted by atomic mass is 32.2. The highest BCUT2D eigenvalue weighted by Gasteiger charge is 2.35. The lowest BCUT2D eigenvalue weighted by Gasteiger charge is -2.20. The molecule has 4 unspecified atom stereocenters. The van der Waals surface area contributed by atoms with Crippen LogP contribution in [0.25, 0.3) is 0 Å². The van der Waals surface area contributed by atoms with Crippen molar-refractivity contribution in [3.05, 3.63) is 22.0 Å². The van der Waals surface area contributed by atoms with Gasteiger partial charge in [0.15, 0.2) is 0 Å². The highest BCUT2D eigenvalue weighted by molar-refractivity contribution is 7.96. The third-order valence-corrected chi connectivity index (χ3v) is 11.3. The number of allylic oxidation sites excluding steroid dienone is 4. The van der Waals surface area contributed by atoms with E-state index in [4.69, 9.17) is 0 Å². The predicted octanol–water partition coefficient (Wildman–Crippen LogP) is 6.31. The molecule has 6 nitrogen and oxygen atoms in total. The lowest BCUT2D eigenvalue weighted by atomic mass is 9.87. The topological polar surface area (TPSA) is 121 Å². The molecule has 35 heavy (non-hydrogen) atoms. The van der Waals surface area contributed by atoms with Gasteiger partial charge < -0.3 is 19.3 Å². The van der Waals surface area contributed by atoms with E-state index >= 15 is 0 Å². The molecule has 200 valence electrons. The Morgan fingerprint density at radius 2 is 1.17 bits per heavy atom. The number of unbranched alkanes of at least 4 members (excludes halogenated alkanes) is 2. The summed E-state index contributed by atoms with van der Waals surface area (Å²) in [6.07, 6.45) is 14.8. The van der Waals surface area contributed by atoms with E-state index in [9.17, 15) is 28.9 Å². The fourth-order valence-corrected chi connectivity index (χ4v) is 8.04. The zero-order valence-electron chi connectivity index (χ0n) is 21.8.